The Labute approximate surface area is 170 Å². The highest BCUT2D eigenvalue weighted by molar-refractivity contribution is 7.16. The lowest BCUT2D eigenvalue weighted by molar-refractivity contribution is 0.878. The minimum atomic E-state index is 0.772. The van der Waals surface area contributed by atoms with E-state index in [2.05, 4.69) is 35.1 Å². The maximum absolute atomic E-state index is 4.86. The number of thiazole rings is 1. The van der Waals surface area contributed by atoms with Crippen LogP contribution >= 0.6 is 22.7 Å². The predicted octanol–water partition coefficient (Wildman–Crippen LogP) is 5.97. The number of hydrogen-bond acceptors (Lipinski definition) is 6. The number of rotatable bonds is 4. The molecule has 5 nitrogen and oxygen atoms in total. The summed E-state index contributed by atoms with van der Waals surface area (Å²) in [6.07, 6.45) is 0. The molecular weight excluding hydrogens is 386 g/mol. The molecule has 0 saturated heterocycles. The number of benzene rings is 1. The van der Waals surface area contributed by atoms with E-state index in [0.29, 0.717) is 0 Å². The van der Waals surface area contributed by atoms with Crippen molar-refractivity contribution >= 4 is 44.7 Å². The van der Waals surface area contributed by atoms with Gasteiger partial charge in [0.15, 0.2) is 10.8 Å². The van der Waals surface area contributed by atoms with Gasteiger partial charge in [-0.1, -0.05) is 24.3 Å². The third kappa shape index (κ3) is 2.98. The number of nitrogens with one attached hydrogen (secondary N) is 1. The van der Waals surface area contributed by atoms with Crippen molar-refractivity contribution in [3.8, 4) is 16.3 Å². The third-order valence-electron chi connectivity index (χ3n) is 4.52. The van der Waals surface area contributed by atoms with Gasteiger partial charge in [0.25, 0.3) is 0 Å². The molecule has 0 unspecified atom stereocenters. The lowest BCUT2D eigenvalue weighted by atomic mass is 10.1. The van der Waals surface area contributed by atoms with Crippen molar-refractivity contribution in [2.24, 2.45) is 0 Å². The first-order valence-corrected chi connectivity index (χ1v) is 10.6. The maximum atomic E-state index is 4.86. The van der Waals surface area contributed by atoms with Crippen molar-refractivity contribution in [1.82, 2.24) is 19.7 Å². The molecule has 0 aliphatic carbocycles. The van der Waals surface area contributed by atoms with E-state index in [4.69, 9.17) is 15.1 Å². The molecule has 1 N–H and O–H groups in total. The van der Waals surface area contributed by atoms with Crippen molar-refractivity contribution in [1.29, 1.82) is 0 Å². The van der Waals surface area contributed by atoms with Crippen LogP contribution < -0.4 is 5.32 Å². The number of thiophene rings is 1. The van der Waals surface area contributed by atoms with Gasteiger partial charge >= 0.3 is 0 Å². The molecule has 28 heavy (non-hydrogen) atoms. The Balaban J connectivity index is 1.56. The van der Waals surface area contributed by atoms with E-state index < -0.39 is 0 Å². The zero-order valence-corrected chi connectivity index (χ0v) is 17.0. The summed E-state index contributed by atoms with van der Waals surface area (Å²) in [4.78, 5) is 10.7. The van der Waals surface area contributed by atoms with Crippen LogP contribution in [-0.4, -0.2) is 19.7 Å². The number of fused-ring (bicyclic) bond motifs is 1. The van der Waals surface area contributed by atoms with Crippen molar-refractivity contribution in [2.75, 3.05) is 5.32 Å². The fourth-order valence-corrected chi connectivity index (χ4v) is 4.77. The number of anilines is 2. The highest BCUT2D eigenvalue weighted by atomic mass is 32.1. The van der Waals surface area contributed by atoms with E-state index in [1.165, 1.54) is 4.88 Å². The van der Waals surface area contributed by atoms with E-state index in [9.17, 15) is 0 Å². The van der Waals surface area contributed by atoms with Gasteiger partial charge in [0.2, 0.25) is 0 Å². The second-order valence-corrected chi connectivity index (χ2v) is 8.30. The van der Waals surface area contributed by atoms with Gasteiger partial charge in [-0.25, -0.2) is 14.6 Å². The van der Waals surface area contributed by atoms with Gasteiger partial charge in [-0.05, 0) is 49.1 Å². The van der Waals surface area contributed by atoms with E-state index in [1.54, 1.807) is 22.7 Å². The second-order valence-electron chi connectivity index (χ2n) is 6.50. The largest absolute Gasteiger partial charge is 0.316 e. The van der Waals surface area contributed by atoms with Crippen LogP contribution in [0.2, 0.25) is 0 Å². The van der Waals surface area contributed by atoms with Crippen LogP contribution in [0.3, 0.4) is 0 Å². The molecule has 0 aliphatic heterocycles. The number of aryl methyl sites for hydroxylation is 2. The molecule has 138 valence electrons. The molecule has 0 aliphatic rings. The molecule has 1 aromatic carbocycles. The zero-order chi connectivity index (χ0) is 19.1. The molecule has 0 amide bonds. The van der Waals surface area contributed by atoms with E-state index in [-0.39, 0.29) is 0 Å². The zero-order valence-electron chi connectivity index (χ0n) is 15.4. The summed E-state index contributed by atoms with van der Waals surface area (Å²) in [5.74, 6) is 0.772. The van der Waals surface area contributed by atoms with Gasteiger partial charge in [0.05, 0.1) is 22.0 Å². The fourth-order valence-electron chi connectivity index (χ4n) is 3.30. The van der Waals surface area contributed by atoms with Crippen molar-refractivity contribution < 1.29 is 0 Å². The third-order valence-corrected chi connectivity index (χ3v) is 6.17. The first-order valence-electron chi connectivity index (χ1n) is 8.88. The SMILES string of the molecule is Cc1cc(Nc2nc(-c3cccs3)cs2)nc2c1c(C)nn2-c1ccccc1. The smallest absolute Gasteiger partial charge is 0.188 e. The van der Waals surface area contributed by atoms with Crippen LogP contribution in [0.5, 0.6) is 0 Å². The Hall–Kier alpha value is -3.03. The average Bonchev–Trinajstić information content (AvgIpc) is 3.43. The van der Waals surface area contributed by atoms with Crippen LogP contribution in [0.4, 0.5) is 10.9 Å². The summed E-state index contributed by atoms with van der Waals surface area (Å²) in [5.41, 5.74) is 4.96. The quantitative estimate of drug-likeness (QED) is 0.402. The number of pyridine rings is 1. The van der Waals surface area contributed by atoms with E-state index in [0.717, 1.165) is 44.6 Å². The van der Waals surface area contributed by atoms with Crippen molar-refractivity contribution in [3.63, 3.8) is 0 Å². The monoisotopic (exact) mass is 403 g/mol. The summed E-state index contributed by atoms with van der Waals surface area (Å²) in [5, 5.41) is 14.1. The van der Waals surface area contributed by atoms with Crippen LogP contribution in [0.15, 0.2) is 59.3 Å². The summed E-state index contributed by atoms with van der Waals surface area (Å²) < 4.78 is 1.90. The van der Waals surface area contributed by atoms with Crippen LogP contribution in [0, 0.1) is 13.8 Å². The Bertz CT molecular complexity index is 1250. The molecular formula is C21H17N5S2. The molecule has 7 heteroatoms. The van der Waals surface area contributed by atoms with Crippen molar-refractivity contribution in [2.45, 2.75) is 13.8 Å². The molecule has 0 atom stereocenters. The molecule has 0 spiro atoms. The lowest BCUT2D eigenvalue weighted by Crippen LogP contribution is -2.00. The summed E-state index contributed by atoms with van der Waals surface area (Å²) >= 11 is 3.27. The topological polar surface area (TPSA) is 55.6 Å². The number of nitrogens with zero attached hydrogens (tertiary/aromatic N) is 4. The Kier molecular flexibility index (Phi) is 4.18. The Morgan fingerprint density at radius 2 is 1.82 bits per heavy atom. The second kappa shape index (κ2) is 6.85. The first-order chi connectivity index (χ1) is 13.7. The maximum Gasteiger partial charge on any atom is 0.188 e. The van der Waals surface area contributed by atoms with Gasteiger partial charge in [-0.2, -0.15) is 5.10 Å². The van der Waals surface area contributed by atoms with E-state index >= 15 is 0 Å². The molecule has 0 bridgehead atoms. The number of hydrogen-bond donors (Lipinski definition) is 1. The number of para-hydroxylation sites is 1. The average molecular weight is 404 g/mol. The first kappa shape index (κ1) is 17.1. The molecule has 0 fully saturated rings. The predicted molar refractivity (Wildman–Crippen MR) is 117 cm³/mol. The lowest BCUT2D eigenvalue weighted by Gasteiger charge is -2.07. The molecule has 0 saturated carbocycles. The Morgan fingerprint density at radius 3 is 2.61 bits per heavy atom. The summed E-state index contributed by atoms with van der Waals surface area (Å²) in [7, 11) is 0. The standard InChI is InChI=1S/C21H17N5S2/c1-13-11-18(24-21-22-16(12-28-21)17-9-6-10-27-17)23-20-19(13)14(2)25-26(20)15-7-4-3-5-8-15/h3-12H,1-2H3,(H,22,23,24). The van der Waals surface area contributed by atoms with Gasteiger partial charge in [-0.15, -0.1) is 22.7 Å². The molecule has 0 radical (unpaired) electrons. The van der Waals surface area contributed by atoms with Crippen molar-refractivity contribution in [3.05, 3.63) is 70.5 Å². The van der Waals surface area contributed by atoms with Gasteiger partial charge in [-0.3, -0.25) is 0 Å². The number of aromatic nitrogens is 4. The fraction of sp³-hybridized carbons (Fsp3) is 0.0952. The van der Waals surface area contributed by atoms with Crippen LogP contribution in [0.25, 0.3) is 27.3 Å². The van der Waals surface area contributed by atoms with Gasteiger partial charge < -0.3 is 5.32 Å². The molecule has 5 aromatic rings. The highest BCUT2D eigenvalue weighted by Gasteiger charge is 2.15. The van der Waals surface area contributed by atoms with E-state index in [1.807, 2.05) is 48.0 Å². The normalized spacial score (nSPS) is 11.2. The summed E-state index contributed by atoms with van der Waals surface area (Å²) in [6, 6.07) is 16.3. The van der Waals surface area contributed by atoms with Crippen LogP contribution in [-0.2, 0) is 0 Å². The summed E-state index contributed by atoms with van der Waals surface area (Å²) in [6.45, 7) is 4.12. The highest BCUT2D eigenvalue weighted by Crippen LogP contribution is 2.31. The minimum absolute atomic E-state index is 0.772. The molecule has 5 rings (SSSR count). The molecule has 4 heterocycles. The van der Waals surface area contributed by atoms with Crippen LogP contribution in [0.1, 0.15) is 11.3 Å². The molecule has 4 aromatic heterocycles. The minimum Gasteiger partial charge on any atom is -0.316 e. The van der Waals surface area contributed by atoms with Gasteiger partial charge in [0.1, 0.15) is 5.82 Å². The Morgan fingerprint density at radius 1 is 0.964 bits per heavy atom. The van der Waals surface area contributed by atoms with Gasteiger partial charge in [0, 0.05) is 10.8 Å².